The molecule has 4 aromatic rings. The van der Waals surface area contributed by atoms with Crippen molar-refractivity contribution in [2.24, 2.45) is 7.05 Å². The number of piperidine rings is 1. The van der Waals surface area contributed by atoms with E-state index in [0.29, 0.717) is 13.1 Å². The SMILES string of the molecule is CC(=O)N1CCC(n2c(=O)n(C)c3cnc4ccc(-c5ccc(C)nc5)cc4c32)CC1. The van der Waals surface area contributed by atoms with Gasteiger partial charge in [-0.15, -0.1) is 0 Å². The Hall–Kier alpha value is -3.48. The van der Waals surface area contributed by atoms with E-state index >= 15 is 0 Å². The third-order valence-electron chi connectivity index (χ3n) is 6.44. The maximum atomic E-state index is 13.2. The van der Waals surface area contributed by atoms with Crippen molar-refractivity contribution in [3.05, 3.63) is 58.9 Å². The first-order chi connectivity index (χ1) is 14.9. The Morgan fingerprint density at radius 3 is 2.45 bits per heavy atom. The molecule has 1 saturated heterocycles. The van der Waals surface area contributed by atoms with Crippen LogP contribution in [0.2, 0.25) is 0 Å². The van der Waals surface area contributed by atoms with Gasteiger partial charge in [0.1, 0.15) is 0 Å². The highest BCUT2D eigenvalue weighted by atomic mass is 16.2. The molecule has 1 aliphatic rings. The summed E-state index contributed by atoms with van der Waals surface area (Å²) in [6.07, 6.45) is 5.20. The predicted octanol–water partition coefficient (Wildman–Crippen LogP) is 3.44. The van der Waals surface area contributed by atoms with Crippen LogP contribution in [-0.2, 0) is 11.8 Å². The maximum Gasteiger partial charge on any atom is 0.329 e. The number of hydrogen-bond donors (Lipinski definition) is 0. The lowest BCUT2D eigenvalue weighted by Crippen LogP contribution is -2.39. The average Bonchev–Trinajstić information content (AvgIpc) is 3.04. The molecule has 1 aromatic carbocycles. The Kier molecular flexibility index (Phi) is 4.61. The zero-order valence-electron chi connectivity index (χ0n) is 18.0. The number of rotatable bonds is 2. The van der Waals surface area contributed by atoms with Crippen LogP contribution in [0.15, 0.2) is 47.5 Å². The summed E-state index contributed by atoms with van der Waals surface area (Å²) in [7, 11) is 1.80. The minimum atomic E-state index is -0.0343. The minimum Gasteiger partial charge on any atom is -0.343 e. The monoisotopic (exact) mass is 415 g/mol. The van der Waals surface area contributed by atoms with Crippen LogP contribution in [0.25, 0.3) is 33.1 Å². The molecule has 31 heavy (non-hydrogen) atoms. The summed E-state index contributed by atoms with van der Waals surface area (Å²) in [6.45, 7) is 4.92. The second-order valence-corrected chi connectivity index (χ2v) is 8.36. The molecule has 4 heterocycles. The molecule has 0 spiro atoms. The molecule has 1 amide bonds. The van der Waals surface area contributed by atoms with Crippen molar-refractivity contribution >= 4 is 27.8 Å². The fourth-order valence-electron chi connectivity index (χ4n) is 4.62. The quantitative estimate of drug-likeness (QED) is 0.503. The zero-order chi connectivity index (χ0) is 21.7. The second kappa shape index (κ2) is 7.34. The molecule has 0 bridgehead atoms. The lowest BCUT2D eigenvalue weighted by atomic mass is 10.0. The van der Waals surface area contributed by atoms with Crippen LogP contribution in [0, 0.1) is 6.92 Å². The fraction of sp³-hybridized carbons (Fsp3) is 0.333. The molecule has 1 fully saturated rings. The summed E-state index contributed by atoms with van der Waals surface area (Å²) in [5.41, 5.74) is 5.62. The highest BCUT2D eigenvalue weighted by Gasteiger charge is 2.26. The lowest BCUT2D eigenvalue weighted by Gasteiger charge is -2.32. The van der Waals surface area contributed by atoms with Crippen molar-refractivity contribution in [2.75, 3.05) is 13.1 Å². The Morgan fingerprint density at radius 1 is 1.03 bits per heavy atom. The molecule has 7 heteroatoms. The standard InChI is InChI=1S/C24H25N5O2/c1-15-4-5-18(13-25-15)17-6-7-21-20(12-17)23-22(14-26-21)27(3)24(31)29(23)19-8-10-28(11-9-19)16(2)30/h4-7,12-14,19H,8-11H2,1-3H3. The Bertz CT molecular complexity index is 1360. The van der Waals surface area contributed by atoms with Gasteiger partial charge >= 0.3 is 5.69 Å². The third-order valence-corrected chi connectivity index (χ3v) is 6.44. The van der Waals surface area contributed by atoms with Gasteiger partial charge in [0, 0.05) is 55.9 Å². The molecule has 0 saturated carbocycles. The molecule has 3 aromatic heterocycles. The third kappa shape index (κ3) is 3.21. The van der Waals surface area contributed by atoms with Gasteiger partial charge in [0.25, 0.3) is 0 Å². The normalized spacial score (nSPS) is 15.1. The van der Waals surface area contributed by atoms with Gasteiger partial charge in [-0.1, -0.05) is 12.1 Å². The number of amides is 1. The van der Waals surface area contributed by atoms with E-state index in [9.17, 15) is 9.59 Å². The Balaban J connectivity index is 1.69. The summed E-state index contributed by atoms with van der Waals surface area (Å²) in [6, 6.07) is 10.3. The first-order valence-electron chi connectivity index (χ1n) is 10.6. The number of hydrogen-bond acceptors (Lipinski definition) is 4. The lowest BCUT2D eigenvalue weighted by molar-refractivity contribution is -0.130. The van der Waals surface area contributed by atoms with E-state index in [1.54, 1.807) is 24.7 Å². The van der Waals surface area contributed by atoms with E-state index in [1.807, 2.05) is 40.8 Å². The Morgan fingerprint density at radius 2 is 1.77 bits per heavy atom. The van der Waals surface area contributed by atoms with Crippen LogP contribution in [0.4, 0.5) is 0 Å². The van der Waals surface area contributed by atoms with Gasteiger partial charge in [-0.2, -0.15) is 0 Å². The van der Waals surface area contributed by atoms with Gasteiger partial charge < -0.3 is 4.90 Å². The van der Waals surface area contributed by atoms with Gasteiger partial charge in [0.2, 0.25) is 5.91 Å². The van der Waals surface area contributed by atoms with Crippen molar-refractivity contribution in [1.29, 1.82) is 0 Å². The summed E-state index contributed by atoms with van der Waals surface area (Å²) in [5.74, 6) is 0.0923. The van der Waals surface area contributed by atoms with Gasteiger partial charge in [0.15, 0.2) is 0 Å². The predicted molar refractivity (Wildman–Crippen MR) is 121 cm³/mol. The fourth-order valence-corrected chi connectivity index (χ4v) is 4.62. The summed E-state index contributed by atoms with van der Waals surface area (Å²) in [5, 5.41) is 0.960. The second-order valence-electron chi connectivity index (χ2n) is 8.36. The highest BCUT2D eigenvalue weighted by molar-refractivity contribution is 6.04. The molecular weight excluding hydrogens is 390 g/mol. The number of nitrogens with zero attached hydrogens (tertiary/aromatic N) is 5. The van der Waals surface area contributed by atoms with Crippen molar-refractivity contribution in [3.8, 4) is 11.1 Å². The molecule has 1 aliphatic heterocycles. The number of likely N-dealkylation sites (tertiary alicyclic amines) is 1. The molecular formula is C24H25N5O2. The van der Waals surface area contributed by atoms with Crippen molar-refractivity contribution in [1.82, 2.24) is 24.0 Å². The number of benzene rings is 1. The smallest absolute Gasteiger partial charge is 0.329 e. The molecule has 5 rings (SSSR count). The molecule has 0 aliphatic carbocycles. The molecule has 0 atom stereocenters. The molecule has 7 nitrogen and oxygen atoms in total. The Labute approximate surface area is 180 Å². The van der Waals surface area contributed by atoms with Gasteiger partial charge in [0.05, 0.1) is 22.7 Å². The highest BCUT2D eigenvalue weighted by Crippen LogP contribution is 2.32. The van der Waals surface area contributed by atoms with Crippen LogP contribution in [0.1, 0.15) is 31.5 Å². The van der Waals surface area contributed by atoms with Gasteiger partial charge in [-0.05, 0) is 43.5 Å². The number of aromatic nitrogens is 4. The summed E-state index contributed by atoms with van der Waals surface area (Å²) >= 11 is 0. The summed E-state index contributed by atoms with van der Waals surface area (Å²) < 4.78 is 3.60. The number of imidazole rings is 1. The molecule has 0 N–H and O–H groups in total. The van der Waals surface area contributed by atoms with Crippen LogP contribution in [0.5, 0.6) is 0 Å². The van der Waals surface area contributed by atoms with Crippen molar-refractivity contribution in [3.63, 3.8) is 0 Å². The minimum absolute atomic E-state index is 0.0343. The first-order valence-corrected chi connectivity index (χ1v) is 10.6. The van der Waals surface area contributed by atoms with Crippen LogP contribution in [-0.4, -0.2) is 43.0 Å². The average molecular weight is 415 g/mol. The number of carbonyl (C=O) groups is 1. The van der Waals surface area contributed by atoms with E-state index in [2.05, 4.69) is 22.1 Å². The van der Waals surface area contributed by atoms with Crippen molar-refractivity contribution < 1.29 is 4.79 Å². The van der Waals surface area contributed by atoms with Gasteiger partial charge in [-0.3, -0.25) is 23.9 Å². The topological polar surface area (TPSA) is 73.0 Å². The van der Waals surface area contributed by atoms with Crippen LogP contribution < -0.4 is 5.69 Å². The van der Waals surface area contributed by atoms with E-state index in [0.717, 1.165) is 51.6 Å². The molecule has 158 valence electrons. The molecule has 0 radical (unpaired) electrons. The number of carbonyl (C=O) groups excluding carboxylic acids is 1. The van der Waals surface area contributed by atoms with Crippen LogP contribution in [0.3, 0.4) is 0 Å². The van der Waals surface area contributed by atoms with Gasteiger partial charge in [-0.25, -0.2) is 4.79 Å². The summed E-state index contributed by atoms with van der Waals surface area (Å²) in [4.78, 5) is 35.9. The maximum absolute atomic E-state index is 13.2. The van der Waals surface area contributed by atoms with E-state index in [-0.39, 0.29) is 17.6 Å². The zero-order valence-corrected chi connectivity index (χ0v) is 18.0. The molecule has 0 unspecified atom stereocenters. The van der Waals surface area contributed by atoms with Crippen molar-refractivity contribution in [2.45, 2.75) is 32.7 Å². The number of fused-ring (bicyclic) bond motifs is 3. The van der Waals surface area contributed by atoms with E-state index in [4.69, 9.17) is 0 Å². The van der Waals surface area contributed by atoms with E-state index in [1.165, 1.54) is 0 Å². The first kappa shape index (κ1) is 19.5. The number of aryl methyl sites for hydroxylation is 2. The largest absolute Gasteiger partial charge is 0.343 e. The number of pyridine rings is 2. The van der Waals surface area contributed by atoms with E-state index < -0.39 is 0 Å². The van der Waals surface area contributed by atoms with Crippen LogP contribution >= 0.6 is 0 Å².